The SMILES string of the molecule is CCCCCOc1cc([N+](=O)[O-])cc(NC)n1. The Bertz CT molecular complexity index is 382. The first-order valence-electron chi connectivity index (χ1n) is 5.64. The van der Waals surface area contributed by atoms with Crippen molar-refractivity contribution < 1.29 is 9.66 Å². The lowest BCUT2D eigenvalue weighted by atomic mass is 10.3. The maximum Gasteiger partial charge on any atom is 0.278 e. The summed E-state index contributed by atoms with van der Waals surface area (Å²) in [5, 5.41) is 13.5. The van der Waals surface area contributed by atoms with Crippen LogP contribution in [0.25, 0.3) is 0 Å². The maximum atomic E-state index is 10.7. The van der Waals surface area contributed by atoms with Crippen molar-refractivity contribution in [1.82, 2.24) is 4.98 Å². The van der Waals surface area contributed by atoms with Crippen LogP contribution in [0, 0.1) is 10.1 Å². The molecule has 0 saturated carbocycles. The lowest BCUT2D eigenvalue weighted by molar-refractivity contribution is -0.384. The van der Waals surface area contributed by atoms with Crippen molar-refractivity contribution in [2.24, 2.45) is 0 Å². The summed E-state index contributed by atoms with van der Waals surface area (Å²) in [5.41, 5.74) is -0.0187. The van der Waals surface area contributed by atoms with Crippen LogP contribution in [0.15, 0.2) is 12.1 Å². The molecule has 1 heterocycles. The molecule has 6 heteroatoms. The van der Waals surface area contributed by atoms with Crippen LogP contribution in [0.2, 0.25) is 0 Å². The number of nitrogens with zero attached hydrogens (tertiary/aromatic N) is 2. The van der Waals surface area contributed by atoms with Crippen LogP contribution in [-0.4, -0.2) is 23.6 Å². The second-order valence-electron chi connectivity index (χ2n) is 3.61. The summed E-state index contributed by atoms with van der Waals surface area (Å²) in [6.45, 7) is 2.63. The van der Waals surface area contributed by atoms with Crippen LogP contribution in [-0.2, 0) is 0 Å². The first-order chi connectivity index (χ1) is 8.17. The van der Waals surface area contributed by atoms with Gasteiger partial charge in [0.15, 0.2) is 0 Å². The third-order valence-corrected chi connectivity index (χ3v) is 2.25. The highest BCUT2D eigenvalue weighted by Crippen LogP contribution is 2.21. The Balaban J connectivity index is 2.70. The van der Waals surface area contributed by atoms with Gasteiger partial charge in [0.05, 0.1) is 23.7 Å². The smallest absolute Gasteiger partial charge is 0.278 e. The molecule has 1 N–H and O–H groups in total. The van der Waals surface area contributed by atoms with Gasteiger partial charge >= 0.3 is 0 Å². The molecule has 6 nitrogen and oxygen atoms in total. The van der Waals surface area contributed by atoms with E-state index in [1.165, 1.54) is 12.1 Å². The highest BCUT2D eigenvalue weighted by molar-refractivity contribution is 5.47. The highest BCUT2D eigenvalue weighted by atomic mass is 16.6. The predicted octanol–water partition coefficient (Wildman–Crippen LogP) is 2.60. The zero-order chi connectivity index (χ0) is 12.7. The second-order valence-corrected chi connectivity index (χ2v) is 3.61. The summed E-state index contributed by atoms with van der Waals surface area (Å²) in [6, 6.07) is 2.71. The molecule has 0 aliphatic rings. The predicted molar refractivity (Wildman–Crippen MR) is 65.5 cm³/mol. The standard InChI is InChI=1S/C11H17N3O3/c1-3-4-5-6-17-11-8-9(14(15)16)7-10(12-2)13-11/h7-8H,3-6H2,1-2H3,(H,12,13). The van der Waals surface area contributed by atoms with E-state index in [0.29, 0.717) is 18.3 Å². The Morgan fingerprint density at radius 1 is 1.47 bits per heavy atom. The fourth-order valence-corrected chi connectivity index (χ4v) is 1.33. The quantitative estimate of drug-likeness (QED) is 0.449. The number of nitrogens with one attached hydrogen (secondary N) is 1. The van der Waals surface area contributed by atoms with Crippen molar-refractivity contribution in [1.29, 1.82) is 0 Å². The molecule has 0 fully saturated rings. The molecule has 0 bridgehead atoms. The molecule has 0 radical (unpaired) electrons. The third-order valence-electron chi connectivity index (χ3n) is 2.25. The molecule has 0 amide bonds. The van der Waals surface area contributed by atoms with E-state index in [1.54, 1.807) is 7.05 Å². The number of pyridine rings is 1. The fourth-order valence-electron chi connectivity index (χ4n) is 1.33. The van der Waals surface area contributed by atoms with Crippen molar-refractivity contribution in [2.75, 3.05) is 19.0 Å². The average molecular weight is 239 g/mol. The van der Waals surface area contributed by atoms with Crippen LogP contribution < -0.4 is 10.1 Å². The monoisotopic (exact) mass is 239 g/mol. The topological polar surface area (TPSA) is 77.3 Å². The summed E-state index contributed by atoms with van der Waals surface area (Å²) in [4.78, 5) is 14.3. The number of hydrogen-bond donors (Lipinski definition) is 1. The van der Waals surface area contributed by atoms with Crippen molar-refractivity contribution in [3.05, 3.63) is 22.2 Å². The largest absolute Gasteiger partial charge is 0.477 e. The van der Waals surface area contributed by atoms with Gasteiger partial charge < -0.3 is 10.1 Å². The molecule has 1 aromatic heterocycles. The molecule has 0 unspecified atom stereocenters. The summed E-state index contributed by atoms with van der Waals surface area (Å²) in [7, 11) is 1.66. The van der Waals surface area contributed by atoms with Gasteiger partial charge in [0.25, 0.3) is 5.69 Å². The number of anilines is 1. The van der Waals surface area contributed by atoms with Gasteiger partial charge in [-0.05, 0) is 6.42 Å². The van der Waals surface area contributed by atoms with E-state index in [0.717, 1.165) is 19.3 Å². The van der Waals surface area contributed by atoms with E-state index in [4.69, 9.17) is 4.74 Å². The first-order valence-corrected chi connectivity index (χ1v) is 5.64. The van der Waals surface area contributed by atoms with Gasteiger partial charge in [-0.15, -0.1) is 0 Å². The summed E-state index contributed by atoms with van der Waals surface area (Å²) in [6.07, 6.45) is 3.11. The Labute approximate surface area is 100 Å². The molecule has 17 heavy (non-hydrogen) atoms. The Morgan fingerprint density at radius 3 is 2.82 bits per heavy atom. The molecule has 0 saturated heterocycles. The molecule has 0 aromatic carbocycles. The van der Waals surface area contributed by atoms with Crippen molar-refractivity contribution >= 4 is 11.5 Å². The van der Waals surface area contributed by atoms with E-state index < -0.39 is 4.92 Å². The lowest BCUT2D eigenvalue weighted by Gasteiger charge is -2.06. The molecule has 0 aliphatic heterocycles. The number of hydrogen-bond acceptors (Lipinski definition) is 5. The van der Waals surface area contributed by atoms with Gasteiger partial charge in [0.2, 0.25) is 5.88 Å². The molecule has 1 aromatic rings. The summed E-state index contributed by atoms with van der Waals surface area (Å²) < 4.78 is 5.39. The maximum absolute atomic E-state index is 10.7. The number of rotatable bonds is 7. The van der Waals surface area contributed by atoms with Crippen LogP contribution in [0.5, 0.6) is 5.88 Å². The molecule has 0 aliphatic carbocycles. The first kappa shape index (κ1) is 13.2. The summed E-state index contributed by atoms with van der Waals surface area (Å²) in [5.74, 6) is 0.726. The number of unbranched alkanes of at least 4 members (excludes halogenated alkanes) is 2. The minimum Gasteiger partial charge on any atom is -0.477 e. The Morgan fingerprint density at radius 2 is 2.24 bits per heavy atom. The second kappa shape index (κ2) is 6.67. The zero-order valence-corrected chi connectivity index (χ0v) is 10.1. The fraction of sp³-hybridized carbons (Fsp3) is 0.545. The average Bonchev–Trinajstić information content (AvgIpc) is 2.34. The van der Waals surface area contributed by atoms with E-state index in [2.05, 4.69) is 17.2 Å². The highest BCUT2D eigenvalue weighted by Gasteiger charge is 2.11. The van der Waals surface area contributed by atoms with Gasteiger partial charge in [0.1, 0.15) is 5.82 Å². The van der Waals surface area contributed by atoms with Gasteiger partial charge in [-0.2, -0.15) is 4.98 Å². The van der Waals surface area contributed by atoms with E-state index in [9.17, 15) is 10.1 Å². The minimum atomic E-state index is -0.457. The molecular weight excluding hydrogens is 222 g/mol. The molecule has 0 spiro atoms. The summed E-state index contributed by atoms with van der Waals surface area (Å²) >= 11 is 0. The van der Waals surface area contributed by atoms with Crippen LogP contribution in [0.3, 0.4) is 0 Å². The molecule has 1 rings (SSSR count). The van der Waals surface area contributed by atoms with Gasteiger partial charge in [0, 0.05) is 7.05 Å². The third kappa shape index (κ3) is 4.26. The number of ether oxygens (including phenoxy) is 1. The minimum absolute atomic E-state index is 0.0187. The van der Waals surface area contributed by atoms with E-state index >= 15 is 0 Å². The van der Waals surface area contributed by atoms with Gasteiger partial charge in [-0.25, -0.2) is 0 Å². The zero-order valence-electron chi connectivity index (χ0n) is 10.1. The number of nitro groups is 1. The Kier molecular flexibility index (Phi) is 5.19. The normalized spacial score (nSPS) is 10.0. The van der Waals surface area contributed by atoms with Crippen LogP contribution in [0.1, 0.15) is 26.2 Å². The van der Waals surface area contributed by atoms with E-state index in [-0.39, 0.29) is 5.69 Å². The molecule has 0 atom stereocenters. The van der Waals surface area contributed by atoms with Crippen LogP contribution in [0.4, 0.5) is 11.5 Å². The van der Waals surface area contributed by atoms with E-state index in [1.807, 2.05) is 0 Å². The van der Waals surface area contributed by atoms with Gasteiger partial charge in [-0.1, -0.05) is 19.8 Å². The van der Waals surface area contributed by atoms with Crippen molar-refractivity contribution in [2.45, 2.75) is 26.2 Å². The number of aromatic nitrogens is 1. The lowest BCUT2D eigenvalue weighted by Crippen LogP contribution is -2.02. The van der Waals surface area contributed by atoms with Crippen LogP contribution >= 0.6 is 0 Å². The van der Waals surface area contributed by atoms with Crippen molar-refractivity contribution in [3.63, 3.8) is 0 Å². The molecular formula is C11H17N3O3. The van der Waals surface area contributed by atoms with Crippen molar-refractivity contribution in [3.8, 4) is 5.88 Å². The molecule has 94 valence electrons. The Hall–Kier alpha value is -1.85. The van der Waals surface area contributed by atoms with Gasteiger partial charge in [-0.3, -0.25) is 10.1 Å².